The van der Waals surface area contributed by atoms with Gasteiger partial charge < -0.3 is 10.4 Å². The summed E-state index contributed by atoms with van der Waals surface area (Å²) in [5, 5.41) is 11.6. The van der Waals surface area contributed by atoms with Crippen LogP contribution in [-0.4, -0.2) is 38.5 Å². The molecule has 0 bridgehead atoms. The highest BCUT2D eigenvalue weighted by molar-refractivity contribution is 7.89. The molecule has 24 heavy (non-hydrogen) atoms. The first kappa shape index (κ1) is 20.1. The Morgan fingerprint density at radius 1 is 1.17 bits per heavy atom. The summed E-state index contributed by atoms with van der Waals surface area (Å²) in [6, 6.07) is 5.33. The summed E-state index contributed by atoms with van der Waals surface area (Å²) in [6.07, 6.45) is 0.914. The molecule has 1 atom stereocenters. The molecule has 0 aliphatic rings. The minimum atomic E-state index is -3.48. The molecule has 1 aromatic carbocycles. The molecule has 0 radical (unpaired) electrons. The van der Waals surface area contributed by atoms with E-state index in [-0.39, 0.29) is 23.1 Å². The smallest absolute Gasteiger partial charge is 0.326 e. The molecule has 0 fully saturated rings. The zero-order valence-corrected chi connectivity index (χ0v) is 14.9. The molecule has 7 nitrogen and oxygen atoms in total. The topological polar surface area (TPSA) is 113 Å². The monoisotopic (exact) mass is 356 g/mol. The van der Waals surface area contributed by atoms with Gasteiger partial charge in [-0.3, -0.25) is 4.79 Å². The maximum absolute atomic E-state index is 11.9. The van der Waals surface area contributed by atoms with E-state index >= 15 is 0 Å². The molecule has 1 rings (SSSR count). The molecule has 1 amide bonds. The Bertz CT molecular complexity index is 668. The minimum Gasteiger partial charge on any atom is -0.480 e. The Labute approximate surface area is 142 Å². The molecule has 0 spiro atoms. The second-order valence-electron chi connectivity index (χ2n) is 5.94. The van der Waals surface area contributed by atoms with E-state index < -0.39 is 22.0 Å². The summed E-state index contributed by atoms with van der Waals surface area (Å²) in [6.45, 7) is 3.78. The summed E-state index contributed by atoms with van der Waals surface area (Å²) in [5.74, 6) is -1.22. The lowest BCUT2D eigenvalue weighted by Gasteiger charge is -2.16. The zero-order chi connectivity index (χ0) is 18.3. The Hall–Kier alpha value is -1.93. The standard InChI is InChI=1S/C16H24N2O5S/c1-11(2)10-14(16(20)21)18-15(19)9-6-12-4-7-13(8-5-12)24(22,23)17-3/h4-5,7-8,11,14,17H,6,9-10H2,1-3H3,(H,18,19)(H,20,21). The highest BCUT2D eigenvalue weighted by Gasteiger charge is 2.20. The Morgan fingerprint density at radius 2 is 1.75 bits per heavy atom. The number of aryl methyl sites for hydroxylation is 1. The van der Waals surface area contributed by atoms with E-state index in [1.165, 1.54) is 19.2 Å². The number of carbonyl (C=O) groups is 2. The predicted molar refractivity (Wildman–Crippen MR) is 90.0 cm³/mol. The number of rotatable bonds is 9. The van der Waals surface area contributed by atoms with Crippen molar-refractivity contribution in [3.63, 3.8) is 0 Å². The lowest BCUT2D eigenvalue weighted by Crippen LogP contribution is -2.41. The molecule has 1 aromatic rings. The lowest BCUT2D eigenvalue weighted by atomic mass is 10.0. The average molecular weight is 356 g/mol. The molecule has 0 aliphatic carbocycles. The van der Waals surface area contributed by atoms with Crippen molar-refractivity contribution in [2.24, 2.45) is 5.92 Å². The van der Waals surface area contributed by atoms with Gasteiger partial charge in [0.15, 0.2) is 0 Å². The van der Waals surface area contributed by atoms with Gasteiger partial charge in [0.1, 0.15) is 6.04 Å². The maximum Gasteiger partial charge on any atom is 0.326 e. The van der Waals surface area contributed by atoms with E-state index in [2.05, 4.69) is 10.0 Å². The van der Waals surface area contributed by atoms with Crippen molar-refractivity contribution < 1.29 is 23.1 Å². The Balaban J connectivity index is 2.59. The molecule has 8 heteroatoms. The van der Waals surface area contributed by atoms with Gasteiger partial charge in [0.25, 0.3) is 0 Å². The van der Waals surface area contributed by atoms with Crippen molar-refractivity contribution in [3.05, 3.63) is 29.8 Å². The van der Waals surface area contributed by atoms with E-state index in [0.717, 1.165) is 5.56 Å². The Morgan fingerprint density at radius 3 is 2.21 bits per heavy atom. The van der Waals surface area contributed by atoms with Crippen LogP contribution < -0.4 is 10.0 Å². The summed E-state index contributed by atoms with van der Waals surface area (Å²) in [5.41, 5.74) is 0.802. The number of amides is 1. The van der Waals surface area contributed by atoms with Crippen molar-refractivity contribution in [2.75, 3.05) is 7.05 Å². The SMILES string of the molecule is CNS(=O)(=O)c1ccc(CCC(=O)NC(CC(C)C)C(=O)O)cc1. The quantitative estimate of drug-likeness (QED) is 0.614. The van der Waals surface area contributed by atoms with Gasteiger partial charge in [-0.15, -0.1) is 0 Å². The Kier molecular flexibility index (Phi) is 7.37. The van der Waals surface area contributed by atoms with Crippen LogP contribution in [0.3, 0.4) is 0 Å². The van der Waals surface area contributed by atoms with Gasteiger partial charge in [0, 0.05) is 6.42 Å². The molecule has 3 N–H and O–H groups in total. The van der Waals surface area contributed by atoms with Gasteiger partial charge >= 0.3 is 5.97 Å². The van der Waals surface area contributed by atoms with Crippen molar-refractivity contribution in [1.82, 2.24) is 10.0 Å². The van der Waals surface area contributed by atoms with Crippen LogP contribution in [0.15, 0.2) is 29.2 Å². The molecule has 0 saturated carbocycles. The number of carbonyl (C=O) groups excluding carboxylic acids is 1. The predicted octanol–water partition coefficient (Wildman–Crippen LogP) is 1.14. The summed E-state index contributed by atoms with van der Waals surface area (Å²) >= 11 is 0. The van der Waals surface area contributed by atoms with Gasteiger partial charge in [-0.1, -0.05) is 26.0 Å². The average Bonchev–Trinajstić information content (AvgIpc) is 2.52. The number of hydrogen-bond donors (Lipinski definition) is 3. The van der Waals surface area contributed by atoms with Crippen LogP contribution in [0.25, 0.3) is 0 Å². The molecular weight excluding hydrogens is 332 g/mol. The number of nitrogens with one attached hydrogen (secondary N) is 2. The number of carboxylic acids is 1. The third-order valence-electron chi connectivity index (χ3n) is 3.48. The first-order chi connectivity index (χ1) is 11.2. The van der Waals surface area contributed by atoms with E-state index in [1.54, 1.807) is 12.1 Å². The molecule has 0 heterocycles. The third kappa shape index (κ3) is 6.29. The van der Waals surface area contributed by atoms with Crippen LogP contribution in [0, 0.1) is 5.92 Å². The second-order valence-corrected chi connectivity index (χ2v) is 7.83. The van der Waals surface area contributed by atoms with Gasteiger partial charge in [0.2, 0.25) is 15.9 Å². The highest BCUT2D eigenvalue weighted by Crippen LogP contribution is 2.12. The van der Waals surface area contributed by atoms with E-state index in [1.807, 2.05) is 13.8 Å². The van der Waals surface area contributed by atoms with E-state index in [4.69, 9.17) is 5.11 Å². The van der Waals surface area contributed by atoms with Crippen LogP contribution >= 0.6 is 0 Å². The largest absolute Gasteiger partial charge is 0.480 e. The second kappa shape index (κ2) is 8.79. The maximum atomic E-state index is 11.9. The van der Waals surface area contributed by atoms with Crippen molar-refractivity contribution in [3.8, 4) is 0 Å². The van der Waals surface area contributed by atoms with E-state index in [9.17, 15) is 18.0 Å². The van der Waals surface area contributed by atoms with Gasteiger partial charge in [0.05, 0.1) is 4.90 Å². The van der Waals surface area contributed by atoms with E-state index in [0.29, 0.717) is 12.8 Å². The summed E-state index contributed by atoms with van der Waals surface area (Å²) < 4.78 is 25.5. The van der Waals surface area contributed by atoms with Gasteiger partial charge in [-0.25, -0.2) is 17.9 Å². The fraction of sp³-hybridized carbons (Fsp3) is 0.500. The number of benzene rings is 1. The van der Waals surface area contributed by atoms with Crippen LogP contribution in [0.4, 0.5) is 0 Å². The normalized spacial score (nSPS) is 12.8. The van der Waals surface area contributed by atoms with Crippen molar-refractivity contribution in [1.29, 1.82) is 0 Å². The fourth-order valence-electron chi connectivity index (χ4n) is 2.17. The number of aliphatic carboxylic acids is 1. The fourth-order valence-corrected chi connectivity index (χ4v) is 2.90. The minimum absolute atomic E-state index is 0.139. The zero-order valence-electron chi connectivity index (χ0n) is 14.1. The number of sulfonamides is 1. The molecule has 134 valence electrons. The van der Waals surface area contributed by atoms with Gasteiger partial charge in [-0.05, 0) is 43.5 Å². The van der Waals surface area contributed by atoms with Crippen LogP contribution in [-0.2, 0) is 26.0 Å². The highest BCUT2D eigenvalue weighted by atomic mass is 32.2. The lowest BCUT2D eigenvalue weighted by molar-refractivity contribution is -0.142. The number of hydrogen-bond acceptors (Lipinski definition) is 4. The van der Waals surface area contributed by atoms with Crippen LogP contribution in [0.2, 0.25) is 0 Å². The van der Waals surface area contributed by atoms with Crippen molar-refractivity contribution >= 4 is 21.9 Å². The summed E-state index contributed by atoms with van der Waals surface area (Å²) in [4.78, 5) is 23.2. The molecule has 0 saturated heterocycles. The molecular formula is C16H24N2O5S. The van der Waals surface area contributed by atoms with Crippen molar-refractivity contribution in [2.45, 2.75) is 44.0 Å². The number of carboxylic acid groups (broad SMARTS) is 1. The van der Waals surface area contributed by atoms with Crippen LogP contribution in [0.1, 0.15) is 32.3 Å². The first-order valence-electron chi connectivity index (χ1n) is 7.70. The molecule has 1 unspecified atom stereocenters. The molecule has 0 aromatic heterocycles. The van der Waals surface area contributed by atoms with Crippen LogP contribution in [0.5, 0.6) is 0 Å². The summed E-state index contributed by atoms with van der Waals surface area (Å²) in [7, 11) is -2.14. The first-order valence-corrected chi connectivity index (χ1v) is 9.18. The molecule has 0 aliphatic heterocycles. The van der Waals surface area contributed by atoms with Gasteiger partial charge in [-0.2, -0.15) is 0 Å². The third-order valence-corrected chi connectivity index (χ3v) is 4.91.